The van der Waals surface area contributed by atoms with E-state index in [9.17, 15) is 19.2 Å². The molecule has 9 rings (SSSR count). The molecule has 67 heavy (non-hydrogen) atoms. The number of carbonyl (C=O) groups excluding carboxylic acids is 4. The Labute approximate surface area is 397 Å². The van der Waals surface area contributed by atoms with Crippen LogP contribution < -0.4 is 25.4 Å². The number of benzene rings is 2. The van der Waals surface area contributed by atoms with Gasteiger partial charge < -0.3 is 30.0 Å². The third-order valence-electron chi connectivity index (χ3n) is 11.5. The molecule has 2 aromatic carbocycles. The van der Waals surface area contributed by atoms with Crippen LogP contribution in [-0.2, 0) is 11.8 Å². The van der Waals surface area contributed by atoms with E-state index in [1.807, 2.05) is 60.6 Å². The average molecular weight is 978 g/mol. The van der Waals surface area contributed by atoms with Gasteiger partial charge in [0.2, 0.25) is 5.91 Å². The van der Waals surface area contributed by atoms with Crippen LogP contribution in [0.3, 0.4) is 0 Å². The number of anilines is 3. The van der Waals surface area contributed by atoms with Crippen LogP contribution in [0.15, 0.2) is 120 Å². The van der Waals surface area contributed by atoms with Crippen LogP contribution in [0.2, 0.25) is 0 Å². The minimum atomic E-state index is -0.375. The van der Waals surface area contributed by atoms with Gasteiger partial charge in [-0.15, -0.1) is 11.3 Å². The first-order chi connectivity index (χ1) is 32.5. The Morgan fingerprint density at radius 2 is 1.70 bits per heavy atom. The molecular weight excluding hydrogens is 932 g/mol. The number of pyridine rings is 2. The van der Waals surface area contributed by atoms with Crippen molar-refractivity contribution in [1.29, 1.82) is 0 Å². The number of nitrogens with zero attached hydrogens (tertiary/aromatic N) is 5. The van der Waals surface area contributed by atoms with Crippen molar-refractivity contribution in [3.8, 4) is 32.2 Å². The zero-order valence-electron chi connectivity index (χ0n) is 37.2. The first kappa shape index (κ1) is 44.8. The predicted molar refractivity (Wildman–Crippen MR) is 263 cm³/mol. The van der Waals surface area contributed by atoms with E-state index >= 15 is 0 Å². The van der Waals surface area contributed by atoms with Crippen molar-refractivity contribution in [2.45, 2.75) is 39.2 Å². The summed E-state index contributed by atoms with van der Waals surface area (Å²) < 4.78 is 14.7. The number of para-hydroxylation sites is 1. The van der Waals surface area contributed by atoms with Gasteiger partial charge >= 0.3 is 158 Å². The van der Waals surface area contributed by atoms with E-state index in [1.54, 1.807) is 54.3 Å². The van der Waals surface area contributed by atoms with Gasteiger partial charge in [0.15, 0.2) is 11.5 Å². The van der Waals surface area contributed by atoms with Gasteiger partial charge in [-0.3, -0.25) is 19.4 Å². The Kier molecular flexibility index (Phi) is 13.1. The normalized spacial score (nSPS) is 14.1. The molecule has 1 atom stereocenters. The maximum absolute atomic E-state index is 13.9. The summed E-state index contributed by atoms with van der Waals surface area (Å²) in [7, 11) is 3.24. The van der Waals surface area contributed by atoms with Crippen molar-refractivity contribution in [1.82, 2.24) is 19.4 Å². The molecule has 7 heterocycles. The van der Waals surface area contributed by atoms with Crippen molar-refractivity contribution in [2.24, 2.45) is 12.0 Å². The Balaban J connectivity index is 0.762. The Bertz CT molecular complexity index is 3070. The van der Waals surface area contributed by atoms with Crippen LogP contribution in [0.1, 0.15) is 66.5 Å². The third kappa shape index (κ3) is 9.92. The van der Waals surface area contributed by atoms with Gasteiger partial charge in [-0.2, -0.15) is 0 Å². The molecule has 0 aliphatic carbocycles. The van der Waals surface area contributed by atoms with E-state index in [0.717, 1.165) is 38.5 Å². The van der Waals surface area contributed by atoms with Gasteiger partial charge in [-0.05, 0) is 55.3 Å². The van der Waals surface area contributed by atoms with Crippen LogP contribution in [0.5, 0.6) is 11.5 Å². The summed E-state index contributed by atoms with van der Waals surface area (Å²) in [6, 6.07) is 25.9. The molecule has 7 aromatic rings. The molecule has 2 aliphatic heterocycles. The quantitative estimate of drug-likeness (QED) is 0.0716. The van der Waals surface area contributed by atoms with E-state index in [0.29, 0.717) is 84.3 Å². The van der Waals surface area contributed by atoms with Crippen LogP contribution in [-0.4, -0.2) is 90.1 Å². The minimum absolute atomic E-state index is 0.137. The van der Waals surface area contributed by atoms with E-state index in [2.05, 4.69) is 57.1 Å². The second-order valence-corrected chi connectivity index (χ2v) is 19.2. The first-order valence-electron chi connectivity index (χ1n) is 21.6. The SMILES string of the molecule is COc1cc2c(cc1OCCCC(=O)Nc1cc(C(=O)Nc3ccc(-c4cc(C)c(C(=O)Nc5ccccc5)s4)nc3)n(C)c1)N=C[C@@H]1CC(c3cnc(-c4ccc[se]4)c(C)c3)=CCN1C2=O. The van der Waals surface area contributed by atoms with E-state index in [4.69, 9.17) is 19.5 Å². The third-order valence-corrected chi connectivity index (χ3v) is 14.6. The Morgan fingerprint density at radius 3 is 2.46 bits per heavy atom. The number of carbonyl (C=O) groups is 4. The number of ether oxygens (including phenoxy) is 2. The van der Waals surface area contributed by atoms with Gasteiger partial charge in [0, 0.05) is 25.4 Å². The number of aromatic nitrogens is 3. The number of aryl methyl sites for hydroxylation is 3. The fraction of sp³-hybridized carbons (Fsp3) is 0.196. The van der Waals surface area contributed by atoms with Crippen molar-refractivity contribution in [2.75, 3.05) is 36.2 Å². The van der Waals surface area contributed by atoms with Gasteiger partial charge in [-0.25, -0.2) is 0 Å². The molecule has 2 aliphatic rings. The molecule has 14 nitrogen and oxygen atoms in total. The van der Waals surface area contributed by atoms with Crippen molar-refractivity contribution >= 4 is 84.0 Å². The standard InChI is InChI=1S/C51H46N8O6SSe/c1-30-20-33(26-54-47(30)45-12-9-19-67-45)32-16-17-59-37(22-32)28-53-40-25-43(42(64-4)24-38(40)51(59)63)65-18-8-13-46(60)55-36-23-41(58(3)29-36)49(61)57-35-14-15-39(52-27-35)44-21-31(2)48(66-44)50(62)56-34-10-6-5-7-11-34/h5-7,9-12,14-16,19-21,23-29,37H,8,13,17-18,22H2,1-4H3,(H,55,60)(H,56,62)(H,57,61)/t37-/m0/s1. The maximum atomic E-state index is 13.9. The molecule has 0 saturated carbocycles. The predicted octanol–water partition coefficient (Wildman–Crippen LogP) is 9.21. The molecule has 0 radical (unpaired) electrons. The van der Waals surface area contributed by atoms with Crippen molar-refractivity contribution in [3.63, 3.8) is 0 Å². The van der Waals surface area contributed by atoms with Gasteiger partial charge in [-0.1, -0.05) is 18.2 Å². The molecule has 0 unspecified atom stereocenters. The summed E-state index contributed by atoms with van der Waals surface area (Å²) in [4.78, 5) is 72.7. The molecule has 338 valence electrons. The van der Waals surface area contributed by atoms with E-state index < -0.39 is 0 Å². The summed E-state index contributed by atoms with van der Waals surface area (Å²) in [5, 5.41) is 8.67. The zero-order valence-corrected chi connectivity index (χ0v) is 39.7. The van der Waals surface area contributed by atoms with E-state index in [-0.39, 0.29) is 42.7 Å². The molecule has 5 aromatic heterocycles. The Morgan fingerprint density at radius 1 is 0.866 bits per heavy atom. The number of amides is 4. The fourth-order valence-electron chi connectivity index (χ4n) is 8.06. The topological polar surface area (TPSA) is 169 Å². The molecule has 16 heteroatoms. The van der Waals surface area contributed by atoms with Crippen LogP contribution in [0.25, 0.3) is 26.3 Å². The fourth-order valence-corrected chi connectivity index (χ4v) is 10.8. The zero-order chi connectivity index (χ0) is 46.6. The summed E-state index contributed by atoms with van der Waals surface area (Å²) >= 11 is 1.66. The number of hydrogen-bond acceptors (Lipinski definition) is 10. The monoisotopic (exact) mass is 978 g/mol. The second-order valence-electron chi connectivity index (χ2n) is 16.2. The average Bonchev–Trinajstić information content (AvgIpc) is 4.08. The van der Waals surface area contributed by atoms with Crippen LogP contribution in [0.4, 0.5) is 22.7 Å². The molecule has 0 fully saturated rings. The van der Waals surface area contributed by atoms with E-state index in [1.165, 1.54) is 22.9 Å². The summed E-state index contributed by atoms with van der Waals surface area (Å²) in [5.74, 6) is -0.125. The number of nitrogens with one attached hydrogen (secondary N) is 3. The van der Waals surface area contributed by atoms with Crippen molar-refractivity contribution in [3.05, 3.63) is 147 Å². The molecular formula is C51H46N8O6SSe. The number of fused-ring (bicyclic) bond motifs is 2. The molecule has 0 saturated heterocycles. The first-order valence-corrected chi connectivity index (χ1v) is 24.3. The molecule has 4 amide bonds. The number of aliphatic imine (C=N–C) groups is 1. The molecule has 0 bridgehead atoms. The summed E-state index contributed by atoms with van der Waals surface area (Å²) in [5.41, 5.74) is 8.81. The second kappa shape index (κ2) is 19.6. The van der Waals surface area contributed by atoms with Crippen LogP contribution in [0, 0.1) is 13.8 Å². The summed E-state index contributed by atoms with van der Waals surface area (Å²) in [6.07, 6.45) is 10.3. The number of thiophene rings is 1. The number of rotatable bonds is 14. The van der Waals surface area contributed by atoms with Crippen molar-refractivity contribution < 1.29 is 28.7 Å². The Hall–Kier alpha value is -7.39. The molecule has 0 spiro atoms. The number of hydrogen-bond donors (Lipinski definition) is 3. The van der Waals surface area contributed by atoms with Gasteiger partial charge in [0.05, 0.1) is 46.7 Å². The van der Waals surface area contributed by atoms with Gasteiger partial charge in [0.25, 0.3) is 11.8 Å². The van der Waals surface area contributed by atoms with Gasteiger partial charge in [0.1, 0.15) is 5.69 Å². The number of methoxy groups -OCH3 is 1. The van der Waals surface area contributed by atoms with Crippen LogP contribution >= 0.6 is 11.3 Å². The molecule has 3 N–H and O–H groups in total. The summed E-state index contributed by atoms with van der Waals surface area (Å²) in [6.45, 7) is 4.63.